The zero-order valence-corrected chi connectivity index (χ0v) is 12.2. The third kappa shape index (κ3) is 2.45. The van der Waals surface area contributed by atoms with Crippen LogP contribution in [0.15, 0.2) is 6.07 Å². The number of hydrogen-bond donors (Lipinski definition) is 1. The van der Waals surface area contributed by atoms with E-state index in [1.54, 1.807) is 7.11 Å². The third-order valence-electron chi connectivity index (χ3n) is 3.22. The van der Waals surface area contributed by atoms with Gasteiger partial charge in [0.1, 0.15) is 11.9 Å². The summed E-state index contributed by atoms with van der Waals surface area (Å²) in [5.41, 5.74) is 2.89. The minimum Gasteiger partial charge on any atom is -0.496 e. The van der Waals surface area contributed by atoms with Crippen LogP contribution in [0.25, 0.3) is 0 Å². The molecule has 0 aliphatic carbocycles. The average Bonchev–Trinajstić information content (AvgIpc) is 2.84. The van der Waals surface area contributed by atoms with Gasteiger partial charge in [0.2, 0.25) is 0 Å². The van der Waals surface area contributed by atoms with Crippen LogP contribution in [0.3, 0.4) is 0 Å². The van der Waals surface area contributed by atoms with E-state index in [1.807, 2.05) is 19.9 Å². The molecule has 0 saturated carbocycles. The molecule has 0 radical (unpaired) electrons. The van der Waals surface area contributed by atoms with Gasteiger partial charge >= 0.3 is 0 Å². The molecule has 1 saturated heterocycles. The van der Waals surface area contributed by atoms with Crippen molar-refractivity contribution in [2.45, 2.75) is 25.3 Å². The van der Waals surface area contributed by atoms with Crippen LogP contribution in [-0.2, 0) is 4.74 Å². The molecule has 3 nitrogen and oxygen atoms in total. The molecule has 2 unspecified atom stereocenters. The lowest BCUT2D eigenvalue weighted by atomic mass is 9.97. The number of halogens is 2. The first-order chi connectivity index (χ1) is 8.56. The Labute approximate surface area is 117 Å². The van der Waals surface area contributed by atoms with Gasteiger partial charge in [0.15, 0.2) is 0 Å². The molecule has 18 heavy (non-hydrogen) atoms. The van der Waals surface area contributed by atoms with Crippen molar-refractivity contribution in [2.75, 3.05) is 20.4 Å². The minimum absolute atomic E-state index is 0.0344. The Morgan fingerprint density at radius 3 is 2.78 bits per heavy atom. The molecule has 5 heteroatoms. The smallest absolute Gasteiger partial charge is 0.129 e. The molecule has 1 aromatic carbocycles. The molecule has 0 bridgehead atoms. The fourth-order valence-electron chi connectivity index (χ4n) is 2.27. The average molecular weight is 290 g/mol. The first-order valence-corrected chi connectivity index (χ1v) is 6.71. The van der Waals surface area contributed by atoms with Crippen molar-refractivity contribution in [3.05, 3.63) is 27.8 Å². The third-order valence-corrected chi connectivity index (χ3v) is 3.85. The zero-order chi connectivity index (χ0) is 13.3. The molecule has 0 amide bonds. The topological polar surface area (TPSA) is 30.5 Å². The summed E-state index contributed by atoms with van der Waals surface area (Å²) in [5, 5.41) is 3.70. The summed E-state index contributed by atoms with van der Waals surface area (Å²) in [5.74, 6) is 0.785. The van der Waals surface area contributed by atoms with Crippen LogP contribution in [0.5, 0.6) is 5.75 Å². The van der Waals surface area contributed by atoms with Crippen LogP contribution in [-0.4, -0.2) is 20.4 Å². The van der Waals surface area contributed by atoms with Gasteiger partial charge in [-0.05, 0) is 25.5 Å². The van der Waals surface area contributed by atoms with Crippen LogP contribution in [0, 0.1) is 6.92 Å². The molecule has 0 spiro atoms. The van der Waals surface area contributed by atoms with E-state index in [2.05, 4.69) is 5.32 Å². The highest BCUT2D eigenvalue weighted by Crippen LogP contribution is 2.42. The predicted octanol–water partition coefficient (Wildman–Crippen LogP) is 3.58. The SMILES string of the molecule is COc1c(C(C)Cl)cc(Cl)c(C)c1C1CNCO1. The molecular formula is C13H17Cl2NO2. The Bertz CT molecular complexity index is 443. The van der Waals surface area contributed by atoms with Gasteiger partial charge in [-0.25, -0.2) is 0 Å². The predicted molar refractivity (Wildman–Crippen MR) is 73.7 cm³/mol. The van der Waals surface area contributed by atoms with Gasteiger partial charge in [-0.1, -0.05) is 11.6 Å². The van der Waals surface area contributed by atoms with Gasteiger partial charge in [0.05, 0.1) is 19.2 Å². The van der Waals surface area contributed by atoms with E-state index < -0.39 is 0 Å². The van der Waals surface area contributed by atoms with Gasteiger partial charge in [-0.15, -0.1) is 11.6 Å². The van der Waals surface area contributed by atoms with E-state index in [0.717, 1.165) is 29.0 Å². The van der Waals surface area contributed by atoms with Gasteiger partial charge < -0.3 is 9.47 Å². The maximum atomic E-state index is 6.28. The molecule has 0 aromatic heterocycles. The molecule has 1 aromatic rings. The van der Waals surface area contributed by atoms with Crippen molar-refractivity contribution in [3.63, 3.8) is 0 Å². The van der Waals surface area contributed by atoms with Crippen molar-refractivity contribution in [1.82, 2.24) is 5.32 Å². The highest BCUT2D eigenvalue weighted by molar-refractivity contribution is 6.31. The second-order valence-corrected chi connectivity index (χ2v) is 5.45. The summed E-state index contributed by atoms with van der Waals surface area (Å²) in [6.45, 7) is 5.19. The zero-order valence-electron chi connectivity index (χ0n) is 10.7. The summed E-state index contributed by atoms with van der Waals surface area (Å²) < 4.78 is 11.2. The monoisotopic (exact) mass is 289 g/mol. The molecule has 1 N–H and O–H groups in total. The summed E-state index contributed by atoms with van der Waals surface area (Å²) in [7, 11) is 1.65. The minimum atomic E-state index is -0.161. The Morgan fingerprint density at radius 1 is 1.56 bits per heavy atom. The highest BCUT2D eigenvalue weighted by atomic mass is 35.5. The number of hydrogen-bond acceptors (Lipinski definition) is 3. The molecule has 2 atom stereocenters. The number of alkyl halides is 1. The number of benzene rings is 1. The van der Waals surface area contributed by atoms with E-state index in [-0.39, 0.29) is 11.5 Å². The van der Waals surface area contributed by atoms with E-state index in [1.165, 1.54) is 0 Å². The number of ether oxygens (including phenoxy) is 2. The fraction of sp³-hybridized carbons (Fsp3) is 0.538. The van der Waals surface area contributed by atoms with Crippen molar-refractivity contribution in [1.29, 1.82) is 0 Å². The number of methoxy groups -OCH3 is 1. The summed E-state index contributed by atoms with van der Waals surface area (Å²) >= 11 is 12.5. The lowest BCUT2D eigenvalue weighted by molar-refractivity contribution is 0.111. The molecule has 100 valence electrons. The Hall–Kier alpha value is -0.480. The summed E-state index contributed by atoms with van der Waals surface area (Å²) in [6, 6.07) is 1.87. The normalized spacial score (nSPS) is 21.1. The molecule has 2 rings (SSSR count). The van der Waals surface area contributed by atoms with Crippen molar-refractivity contribution < 1.29 is 9.47 Å². The Kier molecular flexibility index (Phi) is 4.38. The van der Waals surface area contributed by atoms with Gasteiger partial charge in [-0.2, -0.15) is 0 Å². The maximum absolute atomic E-state index is 6.28. The van der Waals surface area contributed by atoms with Crippen LogP contribution in [0.1, 0.15) is 35.1 Å². The fourth-order valence-corrected chi connectivity index (χ4v) is 2.65. The number of rotatable bonds is 3. The second-order valence-electron chi connectivity index (χ2n) is 4.39. The molecular weight excluding hydrogens is 273 g/mol. The standard InChI is InChI=1S/C13H17Cl2NO2/c1-7-10(15)4-9(8(2)14)13(17-3)12(7)11-5-16-6-18-11/h4,8,11,16H,5-6H2,1-3H3. The quantitative estimate of drug-likeness (QED) is 0.863. The first kappa shape index (κ1) is 13.9. The van der Waals surface area contributed by atoms with Gasteiger partial charge in [0, 0.05) is 22.7 Å². The van der Waals surface area contributed by atoms with E-state index >= 15 is 0 Å². The van der Waals surface area contributed by atoms with Crippen LogP contribution < -0.4 is 10.1 Å². The second kappa shape index (κ2) is 5.66. The molecule has 1 fully saturated rings. The van der Waals surface area contributed by atoms with Crippen LogP contribution in [0.4, 0.5) is 0 Å². The maximum Gasteiger partial charge on any atom is 0.129 e. The lowest BCUT2D eigenvalue weighted by Gasteiger charge is -2.21. The van der Waals surface area contributed by atoms with E-state index in [4.69, 9.17) is 32.7 Å². The Morgan fingerprint density at radius 2 is 2.28 bits per heavy atom. The Balaban J connectivity index is 2.59. The summed E-state index contributed by atoms with van der Waals surface area (Å²) in [4.78, 5) is 0. The van der Waals surface area contributed by atoms with Gasteiger partial charge in [-0.3, -0.25) is 5.32 Å². The van der Waals surface area contributed by atoms with Crippen molar-refractivity contribution >= 4 is 23.2 Å². The van der Waals surface area contributed by atoms with Crippen LogP contribution >= 0.6 is 23.2 Å². The first-order valence-electron chi connectivity index (χ1n) is 5.89. The van der Waals surface area contributed by atoms with Gasteiger partial charge in [0.25, 0.3) is 0 Å². The van der Waals surface area contributed by atoms with Crippen molar-refractivity contribution in [3.8, 4) is 5.75 Å². The molecule has 1 aliphatic rings. The van der Waals surface area contributed by atoms with E-state index in [0.29, 0.717) is 11.8 Å². The van der Waals surface area contributed by atoms with Crippen molar-refractivity contribution in [2.24, 2.45) is 0 Å². The molecule has 1 aliphatic heterocycles. The largest absolute Gasteiger partial charge is 0.496 e. The molecule has 1 heterocycles. The lowest BCUT2D eigenvalue weighted by Crippen LogP contribution is -2.11. The van der Waals surface area contributed by atoms with Crippen LogP contribution in [0.2, 0.25) is 5.02 Å². The van der Waals surface area contributed by atoms with E-state index in [9.17, 15) is 0 Å². The highest BCUT2D eigenvalue weighted by Gasteiger charge is 2.27. The number of nitrogens with one attached hydrogen (secondary N) is 1. The summed E-state index contributed by atoms with van der Waals surface area (Å²) in [6.07, 6.45) is -0.0344.